The molecule has 0 aliphatic heterocycles. The second-order valence-electron chi connectivity index (χ2n) is 9.02. The van der Waals surface area contributed by atoms with Crippen LogP contribution in [0.25, 0.3) is 0 Å². The van der Waals surface area contributed by atoms with Crippen LogP contribution >= 0.6 is 0 Å². The van der Waals surface area contributed by atoms with Gasteiger partial charge in [-0.05, 0) is 5.41 Å². The van der Waals surface area contributed by atoms with E-state index >= 15 is 0 Å². The Morgan fingerprint density at radius 1 is 0.480 bits per heavy atom. The lowest BCUT2D eigenvalue weighted by atomic mass is 9.03. The summed E-state index contributed by atoms with van der Waals surface area (Å²) in [7, 11) is 82.8. The molecule has 0 heterocycles. The van der Waals surface area contributed by atoms with Gasteiger partial charge in [0.1, 0.15) is 0 Å². The van der Waals surface area contributed by atoms with Gasteiger partial charge in [-0.2, -0.15) is 0 Å². The SMILES string of the molecule is [B]C1([B])C([B])([B])C2(C([B])([B])C(C)(C)C)C([B])([B])C([B])([B])C1([B])C2([B])[B]. The van der Waals surface area contributed by atoms with Gasteiger partial charge in [0, 0.05) is 0 Å². The lowest BCUT2D eigenvalue weighted by Crippen LogP contribution is -2.65. The van der Waals surface area contributed by atoms with Crippen LogP contribution in [0.2, 0.25) is 36.6 Å². The van der Waals surface area contributed by atoms with Crippen LogP contribution in [-0.4, -0.2) is 102 Å². The van der Waals surface area contributed by atoms with E-state index in [0.29, 0.717) is 0 Å². The Morgan fingerprint density at radius 3 is 1.00 bits per heavy atom. The number of hydrogen-bond donors (Lipinski definition) is 0. The van der Waals surface area contributed by atoms with Crippen molar-refractivity contribution in [1.82, 2.24) is 0 Å². The van der Waals surface area contributed by atoms with Gasteiger partial charge in [-0.3, -0.25) is 0 Å². The average Bonchev–Trinajstić information content (AvgIpc) is 2.45. The normalized spacial score (nSPS) is 39.8. The molecule has 2 rings (SSSR count). The topological polar surface area (TPSA) is 0 Å². The van der Waals surface area contributed by atoms with Crippen LogP contribution in [0.3, 0.4) is 0 Å². The van der Waals surface area contributed by atoms with E-state index in [1.165, 1.54) is 0 Å². The van der Waals surface area contributed by atoms with Gasteiger partial charge in [0.15, 0.2) is 0 Å². The van der Waals surface area contributed by atoms with Gasteiger partial charge in [-0.25, -0.2) is 0 Å². The fourth-order valence-electron chi connectivity index (χ4n) is 5.21. The Bertz CT molecular complexity index is 567. The minimum atomic E-state index is -2.25. The molecule has 0 aromatic rings. The molecule has 2 aliphatic carbocycles. The monoisotopic (exact) mass is 296 g/mol. The van der Waals surface area contributed by atoms with E-state index in [1.807, 2.05) is 0 Å². The van der Waals surface area contributed by atoms with Gasteiger partial charge in [-0.15, -0.1) is 20.9 Å². The molecule has 26 radical (unpaired) electrons. The van der Waals surface area contributed by atoms with E-state index in [1.54, 1.807) is 20.8 Å². The smallest absolute Gasteiger partial charge is 0.0708 e. The summed E-state index contributed by atoms with van der Waals surface area (Å²) in [5.74, 6) is 0. The van der Waals surface area contributed by atoms with E-state index in [0.717, 1.165) is 0 Å². The Labute approximate surface area is 170 Å². The molecule has 0 amide bonds. The molecule has 0 aromatic heterocycles. The van der Waals surface area contributed by atoms with Crippen LogP contribution in [0.15, 0.2) is 0 Å². The standard InChI is InChI=1S/C12H9B13/c1-4(2,3)7(14,15)5-8(16,17)6(13,11(22,23)9(5,18)19)12(24,25)10(5,20)21/h1-3H3. The summed E-state index contributed by atoms with van der Waals surface area (Å²) < 4.78 is 0. The lowest BCUT2D eigenvalue weighted by molar-refractivity contribution is 0.104. The quantitative estimate of drug-likeness (QED) is 0.495. The predicted molar refractivity (Wildman–Crippen MR) is 116 cm³/mol. The van der Waals surface area contributed by atoms with Gasteiger partial charge in [0.25, 0.3) is 0 Å². The third-order valence-corrected chi connectivity index (χ3v) is 7.05. The third-order valence-electron chi connectivity index (χ3n) is 7.05. The third kappa shape index (κ3) is 1.57. The second kappa shape index (κ2) is 4.70. The van der Waals surface area contributed by atoms with Crippen molar-refractivity contribution in [2.75, 3.05) is 0 Å². The summed E-state index contributed by atoms with van der Waals surface area (Å²) in [5.41, 5.74) is -3.16. The van der Waals surface area contributed by atoms with Crippen molar-refractivity contribution >= 4 is 102 Å². The van der Waals surface area contributed by atoms with Gasteiger partial charge < -0.3 is 0 Å². The van der Waals surface area contributed by atoms with Crippen LogP contribution in [0.5, 0.6) is 0 Å². The van der Waals surface area contributed by atoms with E-state index in [-0.39, 0.29) is 0 Å². The Balaban J connectivity index is 3.18. The maximum Gasteiger partial charge on any atom is 0.0708 e. The summed E-state index contributed by atoms with van der Waals surface area (Å²) >= 11 is 0. The molecule has 2 fully saturated rings. The number of hydrogen-bond acceptors (Lipinski definition) is 0. The summed E-state index contributed by atoms with van der Waals surface area (Å²) in [6.07, 6.45) is 0. The lowest BCUT2D eigenvalue weighted by Gasteiger charge is -2.77. The molecule has 96 valence electrons. The predicted octanol–water partition coefficient (Wildman–Crippen LogP) is -1.91. The fraction of sp³-hybridized carbons (Fsp3) is 1.00. The first-order valence-corrected chi connectivity index (χ1v) is 7.75. The minimum Gasteiger partial charge on any atom is -0.112 e. The largest absolute Gasteiger partial charge is 0.112 e. The van der Waals surface area contributed by atoms with Gasteiger partial charge in [0.05, 0.1) is 102 Å². The van der Waals surface area contributed by atoms with Crippen LogP contribution < -0.4 is 0 Å². The van der Waals surface area contributed by atoms with Crippen LogP contribution in [0.1, 0.15) is 20.8 Å². The zero-order valence-corrected chi connectivity index (χ0v) is 15.0. The first-order chi connectivity index (χ1) is 10.5. The van der Waals surface area contributed by atoms with Crippen molar-refractivity contribution < 1.29 is 0 Å². The number of rotatable bonds is 1. The molecule has 0 atom stereocenters. The molecular formula is C12H9B13. The van der Waals surface area contributed by atoms with Gasteiger partial charge >= 0.3 is 0 Å². The molecule has 2 saturated carbocycles. The van der Waals surface area contributed by atoms with E-state index in [2.05, 4.69) is 0 Å². The van der Waals surface area contributed by atoms with Crippen LogP contribution in [0, 0.1) is 10.8 Å². The van der Waals surface area contributed by atoms with Crippen molar-refractivity contribution in [2.45, 2.75) is 57.4 Å². The van der Waals surface area contributed by atoms with Crippen LogP contribution in [0.4, 0.5) is 0 Å². The van der Waals surface area contributed by atoms with Gasteiger partial charge in [0.2, 0.25) is 0 Å². The maximum atomic E-state index is 6.52. The van der Waals surface area contributed by atoms with Crippen LogP contribution in [-0.2, 0) is 0 Å². The summed E-state index contributed by atoms with van der Waals surface area (Å²) in [6.45, 7) is 5.05. The van der Waals surface area contributed by atoms with Gasteiger partial charge in [-0.1, -0.05) is 41.9 Å². The number of fused-ring (bicyclic) bond motifs is 2. The Kier molecular flexibility index (Phi) is 4.16. The van der Waals surface area contributed by atoms with E-state index in [9.17, 15) is 0 Å². The molecule has 0 saturated heterocycles. The van der Waals surface area contributed by atoms with Crippen molar-refractivity contribution in [3.05, 3.63) is 0 Å². The molecule has 0 nitrogen and oxygen atoms in total. The highest BCUT2D eigenvalue weighted by Gasteiger charge is 2.88. The first kappa shape index (κ1) is 22.1. The highest BCUT2D eigenvalue weighted by molar-refractivity contribution is 6.72. The molecule has 13 heteroatoms. The summed E-state index contributed by atoms with van der Waals surface area (Å²) in [6, 6.07) is 0. The molecule has 2 bridgehead atoms. The average molecular weight is 294 g/mol. The molecule has 0 N–H and O–H groups in total. The molecule has 0 spiro atoms. The molecule has 2 aliphatic rings. The van der Waals surface area contributed by atoms with Crippen molar-refractivity contribution in [3.63, 3.8) is 0 Å². The second-order valence-corrected chi connectivity index (χ2v) is 9.02. The zero-order valence-electron chi connectivity index (χ0n) is 15.0. The zero-order chi connectivity index (χ0) is 20.5. The van der Waals surface area contributed by atoms with Crippen molar-refractivity contribution in [3.8, 4) is 0 Å². The Hall–Kier alpha value is 0.844. The summed E-state index contributed by atoms with van der Waals surface area (Å²) in [4.78, 5) is 0. The van der Waals surface area contributed by atoms with Crippen molar-refractivity contribution in [1.29, 1.82) is 0 Å². The first-order valence-electron chi connectivity index (χ1n) is 7.75. The minimum absolute atomic E-state index is 0.966. The maximum absolute atomic E-state index is 6.52. The van der Waals surface area contributed by atoms with E-state index in [4.69, 9.17) is 102 Å². The fourth-order valence-corrected chi connectivity index (χ4v) is 5.21. The highest BCUT2D eigenvalue weighted by atomic mass is 14.8. The molecule has 0 unspecified atom stereocenters. The summed E-state index contributed by atoms with van der Waals surface area (Å²) in [5, 5.41) is -15.4. The molecular weight excluding hydrogens is 285 g/mol. The highest BCUT2D eigenvalue weighted by Crippen LogP contribution is 3.05. The molecule has 0 aromatic carbocycles. The molecule has 25 heavy (non-hydrogen) atoms. The Morgan fingerprint density at radius 2 is 0.760 bits per heavy atom. The van der Waals surface area contributed by atoms with Crippen molar-refractivity contribution in [2.24, 2.45) is 10.8 Å². The van der Waals surface area contributed by atoms with E-state index < -0.39 is 47.4 Å².